The molecule has 0 saturated carbocycles. The maximum atomic E-state index is 12.5. The quantitative estimate of drug-likeness (QED) is 0.661. The summed E-state index contributed by atoms with van der Waals surface area (Å²) in [6.07, 6.45) is 3.01. The molecule has 1 aliphatic heterocycles. The number of urea groups is 1. The van der Waals surface area contributed by atoms with Gasteiger partial charge in [-0.25, -0.2) is 9.78 Å². The molecule has 3 heterocycles. The molecule has 2 amide bonds. The maximum absolute atomic E-state index is 12.5. The summed E-state index contributed by atoms with van der Waals surface area (Å²) in [5, 5.41) is 3.03. The highest BCUT2D eigenvalue weighted by molar-refractivity contribution is 9.10. The van der Waals surface area contributed by atoms with Gasteiger partial charge >= 0.3 is 6.03 Å². The van der Waals surface area contributed by atoms with Crippen LogP contribution in [0.1, 0.15) is 20.3 Å². The lowest BCUT2D eigenvalue weighted by molar-refractivity contribution is 0.200. The smallest absolute Gasteiger partial charge is 0.317 e. The number of amides is 2. The van der Waals surface area contributed by atoms with Crippen LogP contribution in [-0.4, -0.2) is 53.0 Å². The van der Waals surface area contributed by atoms with Crippen LogP contribution >= 0.6 is 15.9 Å². The Morgan fingerprint density at radius 3 is 2.86 bits per heavy atom. The van der Waals surface area contributed by atoms with Gasteiger partial charge in [-0.05, 0) is 42.7 Å². The van der Waals surface area contributed by atoms with E-state index < -0.39 is 0 Å². The van der Waals surface area contributed by atoms with Gasteiger partial charge in [0.2, 0.25) is 0 Å². The largest absolute Gasteiger partial charge is 0.353 e. The molecule has 2 aromatic heterocycles. The van der Waals surface area contributed by atoms with Gasteiger partial charge in [0.25, 0.3) is 0 Å². The summed E-state index contributed by atoms with van der Waals surface area (Å²) in [7, 11) is 0. The van der Waals surface area contributed by atoms with Crippen LogP contribution in [0.3, 0.4) is 0 Å². The van der Waals surface area contributed by atoms with Crippen LogP contribution in [-0.2, 0) is 0 Å². The van der Waals surface area contributed by atoms with Crippen LogP contribution in [0.4, 0.5) is 10.6 Å². The molecule has 1 N–H and O–H groups in total. The van der Waals surface area contributed by atoms with Gasteiger partial charge < -0.3 is 19.5 Å². The van der Waals surface area contributed by atoms with E-state index in [1.807, 2.05) is 11.0 Å². The van der Waals surface area contributed by atoms with Crippen molar-refractivity contribution in [2.24, 2.45) is 5.92 Å². The number of aromatic nitrogens is 2. The third-order valence-electron chi connectivity index (χ3n) is 5.15. The zero-order valence-corrected chi connectivity index (χ0v) is 17.9. The highest BCUT2D eigenvalue weighted by atomic mass is 79.9. The first-order valence-corrected chi connectivity index (χ1v) is 10.7. The van der Waals surface area contributed by atoms with Crippen LogP contribution < -0.4 is 10.2 Å². The van der Waals surface area contributed by atoms with E-state index in [-0.39, 0.29) is 6.03 Å². The summed E-state index contributed by atoms with van der Waals surface area (Å²) in [6, 6.07) is 10.4. The molecule has 0 spiro atoms. The van der Waals surface area contributed by atoms with E-state index >= 15 is 0 Å². The predicted octanol–water partition coefficient (Wildman–Crippen LogP) is 4.13. The summed E-state index contributed by atoms with van der Waals surface area (Å²) in [6.45, 7) is 8.08. The van der Waals surface area contributed by atoms with Gasteiger partial charge in [-0.1, -0.05) is 29.8 Å². The fraction of sp³-hybridized carbons (Fsp3) is 0.429. The highest BCUT2D eigenvalue weighted by Crippen LogP contribution is 2.27. The molecule has 0 unspecified atom stereocenters. The summed E-state index contributed by atoms with van der Waals surface area (Å²) in [4.78, 5) is 21.7. The lowest BCUT2D eigenvalue weighted by Crippen LogP contribution is -2.43. The lowest BCUT2D eigenvalue weighted by Gasteiger charge is -2.24. The SMILES string of the molecule is CC(C)CNC(=O)N1CCCN(c2nc3cc(Br)ccc3n3cccc23)CC1. The molecule has 6 nitrogen and oxygen atoms in total. The summed E-state index contributed by atoms with van der Waals surface area (Å²) in [5.74, 6) is 1.44. The van der Waals surface area contributed by atoms with Crippen LogP contribution in [0.25, 0.3) is 16.6 Å². The minimum Gasteiger partial charge on any atom is -0.353 e. The molecular weight excluding hydrogens is 418 g/mol. The standard InChI is InChI=1S/C21H26BrN5O/c1-15(2)14-23-21(28)26-9-4-8-25(11-12-26)20-19-5-3-10-27(19)18-7-6-16(22)13-17(18)24-20/h3,5-7,10,13,15H,4,8-9,11-12,14H2,1-2H3,(H,23,28). The highest BCUT2D eigenvalue weighted by Gasteiger charge is 2.22. The maximum Gasteiger partial charge on any atom is 0.317 e. The molecule has 148 valence electrons. The zero-order chi connectivity index (χ0) is 19.7. The Kier molecular flexibility index (Phi) is 5.44. The number of carbonyl (C=O) groups excluding carboxylic acids is 1. The van der Waals surface area contributed by atoms with Crippen LogP contribution in [0.15, 0.2) is 41.0 Å². The Hall–Kier alpha value is -2.28. The molecule has 1 aliphatic rings. The van der Waals surface area contributed by atoms with Gasteiger partial charge in [0.1, 0.15) is 0 Å². The topological polar surface area (TPSA) is 52.9 Å². The van der Waals surface area contributed by atoms with Gasteiger partial charge in [0.05, 0.1) is 16.6 Å². The van der Waals surface area contributed by atoms with Crippen molar-refractivity contribution in [3.63, 3.8) is 0 Å². The number of halogens is 1. The summed E-state index contributed by atoms with van der Waals surface area (Å²) < 4.78 is 3.22. The number of anilines is 1. The number of fused-ring (bicyclic) bond motifs is 3. The molecule has 1 saturated heterocycles. The van der Waals surface area contributed by atoms with Crippen molar-refractivity contribution in [3.05, 3.63) is 41.0 Å². The Bertz CT molecular complexity index is 999. The fourth-order valence-electron chi connectivity index (χ4n) is 3.70. The van der Waals surface area contributed by atoms with Crippen LogP contribution in [0.2, 0.25) is 0 Å². The molecule has 0 bridgehead atoms. The molecular formula is C21H26BrN5O. The monoisotopic (exact) mass is 443 g/mol. The number of hydrogen-bond acceptors (Lipinski definition) is 3. The lowest BCUT2D eigenvalue weighted by atomic mass is 10.2. The van der Waals surface area contributed by atoms with E-state index in [0.29, 0.717) is 19.0 Å². The van der Waals surface area contributed by atoms with E-state index in [1.165, 1.54) is 0 Å². The minimum absolute atomic E-state index is 0.0405. The molecule has 0 atom stereocenters. The number of rotatable bonds is 3. The molecule has 7 heteroatoms. The minimum atomic E-state index is 0.0405. The normalized spacial score (nSPS) is 15.4. The third kappa shape index (κ3) is 3.81. The molecule has 3 aromatic rings. The van der Waals surface area contributed by atoms with E-state index in [4.69, 9.17) is 4.98 Å². The second-order valence-corrected chi connectivity index (χ2v) is 8.66. The molecule has 28 heavy (non-hydrogen) atoms. The van der Waals surface area contributed by atoms with Gasteiger partial charge in [0.15, 0.2) is 5.82 Å². The Morgan fingerprint density at radius 1 is 1.18 bits per heavy atom. The molecule has 1 fully saturated rings. The number of nitrogens with one attached hydrogen (secondary N) is 1. The van der Waals surface area contributed by atoms with Crippen molar-refractivity contribution < 1.29 is 4.79 Å². The van der Waals surface area contributed by atoms with Gasteiger partial charge in [-0.15, -0.1) is 0 Å². The first-order valence-electron chi connectivity index (χ1n) is 9.87. The average molecular weight is 444 g/mol. The van der Waals surface area contributed by atoms with Crippen molar-refractivity contribution in [1.82, 2.24) is 19.6 Å². The Balaban J connectivity index is 1.59. The van der Waals surface area contributed by atoms with Crippen molar-refractivity contribution in [2.45, 2.75) is 20.3 Å². The number of benzene rings is 1. The second kappa shape index (κ2) is 7.99. The Morgan fingerprint density at radius 2 is 2.04 bits per heavy atom. The van der Waals surface area contributed by atoms with Crippen molar-refractivity contribution in [1.29, 1.82) is 0 Å². The third-order valence-corrected chi connectivity index (χ3v) is 5.64. The molecule has 4 rings (SSSR count). The van der Waals surface area contributed by atoms with E-state index in [0.717, 1.165) is 52.9 Å². The number of carbonyl (C=O) groups is 1. The molecule has 0 radical (unpaired) electrons. The predicted molar refractivity (Wildman–Crippen MR) is 117 cm³/mol. The van der Waals surface area contributed by atoms with Crippen LogP contribution in [0, 0.1) is 5.92 Å². The number of nitrogens with zero attached hydrogens (tertiary/aromatic N) is 4. The van der Waals surface area contributed by atoms with Gasteiger partial charge in [-0.2, -0.15) is 0 Å². The van der Waals surface area contributed by atoms with E-state index in [1.54, 1.807) is 0 Å². The Labute approximate surface area is 173 Å². The molecule has 0 aliphatic carbocycles. The van der Waals surface area contributed by atoms with Crippen molar-refractivity contribution in [2.75, 3.05) is 37.6 Å². The summed E-state index contributed by atoms with van der Waals surface area (Å²) >= 11 is 3.55. The van der Waals surface area contributed by atoms with Gasteiger partial charge in [0, 0.05) is 43.4 Å². The first-order chi connectivity index (χ1) is 13.5. The summed E-state index contributed by atoms with van der Waals surface area (Å²) in [5.41, 5.74) is 3.16. The second-order valence-electron chi connectivity index (χ2n) is 7.74. The van der Waals surface area contributed by atoms with Gasteiger partial charge in [-0.3, -0.25) is 0 Å². The molecule has 1 aromatic carbocycles. The van der Waals surface area contributed by atoms with Crippen LogP contribution in [0.5, 0.6) is 0 Å². The zero-order valence-electron chi connectivity index (χ0n) is 16.4. The fourth-order valence-corrected chi connectivity index (χ4v) is 4.05. The van der Waals surface area contributed by atoms with E-state index in [9.17, 15) is 4.79 Å². The van der Waals surface area contributed by atoms with E-state index in [2.05, 4.69) is 74.9 Å². The first kappa shape index (κ1) is 19.1. The van der Waals surface area contributed by atoms with Crippen molar-refractivity contribution in [3.8, 4) is 0 Å². The van der Waals surface area contributed by atoms with Crippen molar-refractivity contribution >= 4 is 44.3 Å². The average Bonchev–Trinajstić information content (AvgIpc) is 3.03. The number of hydrogen-bond donors (Lipinski definition) is 1.